The molecule has 1 N–H and O–H groups in total. The number of hydrogen-bond acceptors (Lipinski definition) is 1. The Bertz CT molecular complexity index is 307. The van der Waals surface area contributed by atoms with Crippen molar-refractivity contribution in [2.45, 2.75) is 57.4 Å². The van der Waals surface area contributed by atoms with Crippen LogP contribution in [0.4, 0.5) is 0 Å². The van der Waals surface area contributed by atoms with Crippen LogP contribution in [0.5, 0.6) is 0 Å². The average Bonchev–Trinajstić information content (AvgIpc) is 2.98. The molecule has 3 aliphatic rings. The highest BCUT2D eigenvalue weighted by Crippen LogP contribution is 2.44. The third-order valence-electron chi connectivity index (χ3n) is 5.03. The Morgan fingerprint density at radius 3 is 2.37 bits per heavy atom. The SMILES string of the molecule is CN=C(NC1CC1C1CCCCC1)N1CCCC1.I. The maximum Gasteiger partial charge on any atom is 0.193 e. The van der Waals surface area contributed by atoms with Crippen LogP contribution in [0.25, 0.3) is 0 Å². The summed E-state index contributed by atoms with van der Waals surface area (Å²) in [4.78, 5) is 6.89. The molecule has 3 rings (SSSR count). The summed E-state index contributed by atoms with van der Waals surface area (Å²) in [6, 6.07) is 0.729. The van der Waals surface area contributed by atoms with E-state index in [9.17, 15) is 0 Å². The van der Waals surface area contributed by atoms with Crippen LogP contribution in [0.15, 0.2) is 4.99 Å². The number of hydrogen-bond donors (Lipinski definition) is 1. The highest BCUT2D eigenvalue weighted by atomic mass is 127. The summed E-state index contributed by atoms with van der Waals surface area (Å²) < 4.78 is 0. The van der Waals surface area contributed by atoms with Gasteiger partial charge in [-0.15, -0.1) is 24.0 Å². The zero-order valence-corrected chi connectivity index (χ0v) is 14.4. The van der Waals surface area contributed by atoms with Crippen molar-refractivity contribution >= 4 is 29.9 Å². The number of guanidine groups is 1. The van der Waals surface area contributed by atoms with Gasteiger partial charge in [-0.05, 0) is 31.1 Å². The summed E-state index contributed by atoms with van der Waals surface area (Å²) in [5, 5.41) is 3.71. The first-order valence-electron chi connectivity index (χ1n) is 7.87. The summed E-state index contributed by atoms with van der Waals surface area (Å²) in [6.07, 6.45) is 11.4. The van der Waals surface area contributed by atoms with Crippen LogP contribution in [-0.2, 0) is 0 Å². The van der Waals surface area contributed by atoms with Crippen molar-refractivity contribution in [3.63, 3.8) is 0 Å². The molecule has 0 aromatic carbocycles. The van der Waals surface area contributed by atoms with E-state index < -0.39 is 0 Å². The molecule has 110 valence electrons. The Morgan fingerprint density at radius 2 is 1.74 bits per heavy atom. The molecule has 4 heteroatoms. The third kappa shape index (κ3) is 3.76. The topological polar surface area (TPSA) is 27.6 Å². The Balaban J connectivity index is 0.00000133. The predicted octanol–water partition coefficient (Wildman–Crippen LogP) is 3.24. The van der Waals surface area contributed by atoms with Crippen molar-refractivity contribution in [3.8, 4) is 0 Å². The van der Waals surface area contributed by atoms with E-state index >= 15 is 0 Å². The van der Waals surface area contributed by atoms with E-state index in [4.69, 9.17) is 0 Å². The first kappa shape index (κ1) is 15.4. The lowest BCUT2D eigenvalue weighted by molar-refractivity contribution is 0.315. The van der Waals surface area contributed by atoms with Gasteiger partial charge in [0.2, 0.25) is 0 Å². The molecule has 0 aromatic rings. The maximum absolute atomic E-state index is 4.46. The molecular weight excluding hydrogens is 349 g/mol. The van der Waals surface area contributed by atoms with E-state index in [1.54, 1.807) is 0 Å². The van der Waals surface area contributed by atoms with Crippen LogP contribution in [0.3, 0.4) is 0 Å². The number of nitrogens with one attached hydrogen (secondary N) is 1. The second-order valence-corrected chi connectivity index (χ2v) is 6.29. The first-order chi connectivity index (χ1) is 8.88. The van der Waals surface area contributed by atoms with Gasteiger partial charge >= 0.3 is 0 Å². The third-order valence-corrected chi connectivity index (χ3v) is 5.03. The van der Waals surface area contributed by atoms with E-state index in [2.05, 4.69) is 15.2 Å². The zero-order chi connectivity index (χ0) is 12.4. The molecule has 2 atom stereocenters. The maximum atomic E-state index is 4.46. The van der Waals surface area contributed by atoms with Crippen molar-refractivity contribution in [1.29, 1.82) is 0 Å². The van der Waals surface area contributed by atoms with Crippen LogP contribution in [0.1, 0.15) is 51.4 Å². The van der Waals surface area contributed by atoms with Crippen LogP contribution in [0, 0.1) is 11.8 Å². The van der Waals surface area contributed by atoms with Gasteiger partial charge in [0, 0.05) is 26.2 Å². The summed E-state index contributed by atoms with van der Waals surface area (Å²) in [5.74, 6) is 3.12. The number of halogens is 1. The molecule has 1 saturated heterocycles. The predicted molar refractivity (Wildman–Crippen MR) is 91.2 cm³/mol. The molecule has 0 amide bonds. The molecule has 3 fully saturated rings. The number of aliphatic imine (C=N–C) groups is 1. The normalized spacial score (nSPS) is 32.1. The second-order valence-electron chi connectivity index (χ2n) is 6.29. The van der Waals surface area contributed by atoms with E-state index in [0.29, 0.717) is 0 Å². The lowest BCUT2D eigenvalue weighted by atomic mass is 9.85. The van der Waals surface area contributed by atoms with Gasteiger partial charge < -0.3 is 10.2 Å². The van der Waals surface area contributed by atoms with Crippen molar-refractivity contribution in [3.05, 3.63) is 0 Å². The Morgan fingerprint density at radius 1 is 1.05 bits per heavy atom. The van der Waals surface area contributed by atoms with Gasteiger partial charge in [0.25, 0.3) is 0 Å². The summed E-state index contributed by atoms with van der Waals surface area (Å²) in [5.41, 5.74) is 0. The van der Waals surface area contributed by atoms with Gasteiger partial charge in [0.1, 0.15) is 0 Å². The van der Waals surface area contributed by atoms with Gasteiger partial charge in [0.15, 0.2) is 5.96 Å². The lowest BCUT2D eigenvalue weighted by Gasteiger charge is -2.24. The number of rotatable bonds is 2. The van der Waals surface area contributed by atoms with E-state index in [1.165, 1.54) is 64.5 Å². The highest BCUT2D eigenvalue weighted by Gasteiger charge is 2.43. The second kappa shape index (κ2) is 7.14. The van der Waals surface area contributed by atoms with Crippen molar-refractivity contribution in [2.24, 2.45) is 16.8 Å². The standard InChI is InChI=1S/C15H27N3.HI/c1-16-15(18-9-5-6-10-18)17-14-11-13(14)12-7-3-2-4-8-12;/h12-14H,2-11H2,1H3,(H,16,17);1H. The average molecular weight is 377 g/mol. The molecule has 2 saturated carbocycles. The van der Waals surface area contributed by atoms with Crippen LogP contribution in [-0.4, -0.2) is 37.0 Å². The fraction of sp³-hybridized carbons (Fsp3) is 0.933. The molecule has 2 unspecified atom stereocenters. The molecule has 19 heavy (non-hydrogen) atoms. The summed E-state index contributed by atoms with van der Waals surface area (Å²) in [7, 11) is 1.93. The molecule has 2 aliphatic carbocycles. The van der Waals surface area contributed by atoms with Gasteiger partial charge in [-0.3, -0.25) is 4.99 Å². The monoisotopic (exact) mass is 377 g/mol. The first-order valence-corrected chi connectivity index (χ1v) is 7.87. The van der Waals surface area contributed by atoms with Gasteiger partial charge in [-0.1, -0.05) is 32.1 Å². The lowest BCUT2D eigenvalue weighted by Crippen LogP contribution is -2.41. The highest BCUT2D eigenvalue weighted by molar-refractivity contribution is 14.0. The minimum absolute atomic E-state index is 0. The van der Waals surface area contributed by atoms with E-state index in [-0.39, 0.29) is 24.0 Å². The van der Waals surface area contributed by atoms with Crippen LogP contribution < -0.4 is 5.32 Å². The van der Waals surface area contributed by atoms with Crippen molar-refractivity contribution in [1.82, 2.24) is 10.2 Å². The number of nitrogens with zero attached hydrogens (tertiary/aromatic N) is 2. The van der Waals surface area contributed by atoms with Crippen molar-refractivity contribution < 1.29 is 0 Å². The van der Waals surface area contributed by atoms with E-state index in [0.717, 1.165) is 23.8 Å². The van der Waals surface area contributed by atoms with Gasteiger partial charge in [0.05, 0.1) is 0 Å². The molecule has 0 radical (unpaired) electrons. The Labute approximate surface area is 134 Å². The Kier molecular flexibility index (Phi) is 5.78. The van der Waals surface area contributed by atoms with Crippen LogP contribution >= 0.6 is 24.0 Å². The van der Waals surface area contributed by atoms with Gasteiger partial charge in [-0.2, -0.15) is 0 Å². The summed E-state index contributed by atoms with van der Waals surface area (Å²) in [6.45, 7) is 2.39. The zero-order valence-electron chi connectivity index (χ0n) is 12.1. The Hall–Kier alpha value is 0. The fourth-order valence-electron chi connectivity index (χ4n) is 3.86. The minimum Gasteiger partial charge on any atom is -0.353 e. The smallest absolute Gasteiger partial charge is 0.193 e. The van der Waals surface area contributed by atoms with E-state index in [1.807, 2.05) is 7.05 Å². The fourth-order valence-corrected chi connectivity index (χ4v) is 3.86. The molecule has 0 aromatic heterocycles. The molecule has 0 spiro atoms. The molecule has 1 aliphatic heterocycles. The van der Waals surface area contributed by atoms with Crippen LogP contribution in [0.2, 0.25) is 0 Å². The van der Waals surface area contributed by atoms with Crippen molar-refractivity contribution in [2.75, 3.05) is 20.1 Å². The minimum atomic E-state index is 0. The molecule has 1 heterocycles. The molecule has 3 nitrogen and oxygen atoms in total. The summed E-state index contributed by atoms with van der Waals surface area (Å²) >= 11 is 0. The largest absolute Gasteiger partial charge is 0.353 e. The molecular formula is C15H28IN3. The number of likely N-dealkylation sites (tertiary alicyclic amines) is 1. The quantitative estimate of drug-likeness (QED) is 0.455. The van der Waals surface area contributed by atoms with Gasteiger partial charge in [-0.25, -0.2) is 0 Å². The molecule has 0 bridgehead atoms.